The Kier molecular flexibility index (Phi) is 8.40. The number of nitrogens with one attached hydrogen (secondary N) is 1. The number of phenols is 1. The topological polar surface area (TPSA) is 124 Å². The Hall–Kier alpha value is -4.32. The minimum absolute atomic E-state index is 0.0309. The normalized spacial score (nSPS) is 16.4. The molecule has 1 fully saturated rings. The first-order valence-electron chi connectivity index (χ1n) is 13.3. The molecule has 1 aliphatic rings. The fraction of sp³-hybridized carbons (Fsp3) is 0.367. The number of carboxylic acid groups (broad SMARTS) is 1. The first-order valence-corrected chi connectivity index (χ1v) is 13.3. The average Bonchev–Trinajstić information content (AvgIpc) is 2.90. The molecule has 0 atom stereocenters. The molecule has 1 saturated heterocycles. The summed E-state index contributed by atoms with van der Waals surface area (Å²) >= 11 is 0. The van der Waals surface area contributed by atoms with E-state index in [2.05, 4.69) is 64.1 Å². The molecule has 0 bridgehead atoms. The smallest absolute Gasteiger partial charge is 0.490 e. The summed E-state index contributed by atoms with van der Waals surface area (Å²) in [5.41, 5.74) is 4.09. The van der Waals surface area contributed by atoms with E-state index >= 15 is 0 Å². The van der Waals surface area contributed by atoms with Crippen LogP contribution in [-0.2, 0) is 4.79 Å². The predicted octanol–water partition coefficient (Wildman–Crippen LogP) is 5.84. The van der Waals surface area contributed by atoms with Crippen LogP contribution in [0.3, 0.4) is 0 Å². The molecule has 2 aromatic carbocycles. The zero-order valence-electron chi connectivity index (χ0n) is 23.9. The molecule has 0 unspecified atom stereocenters. The van der Waals surface area contributed by atoms with Gasteiger partial charge in [0, 0.05) is 41.3 Å². The summed E-state index contributed by atoms with van der Waals surface area (Å²) in [5.74, 6) is -2.02. The van der Waals surface area contributed by atoms with Crippen molar-refractivity contribution in [2.45, 2.75) is 63.8 Å². The number of piperidine rings is 1. The van der Waals surface area contributed by atoms with Crippen LogP contribution in [-0.4, -0.2) is 66.7 Å². The SMILES string of the molecule is CN(c1ncc(-c2ccc(-c3ccc4ncccc4c3)cc2O)nn1)C1CC(C)(C)NC(C)(C)C1.O=C(O)C(F)(F)F. The molecular weight excluding hydrogens is 549 g/mol. The molecule has 0 amide bonds. The van der Waals surface area contributed by atoms with Crippen molar-refractivity contribution in [2.75, 3.05) is 11.9 Å². The number of phenolic OH excluding ortho intramolecular Hbond substituents is 1. The third kappa shape index (κ3) is 7.30. The summed E-state index contributed by atoms with van der Waals surface area (Å²) in [5, 5.41) is 31.5. The summed E-state index contributed by atoms with van der Waals surface area (Å²) in [6.07, 6.45) is 0.373. The van der Waals surface area contributed by atoms with Crippen molar-refractivity contribution in [3.63, 3.8) is 0 Å². The molecule has 3 N–H and O–H groups in total. The van der Waals surface area contributed by atoms with Gasteiger partial charge in [0.05, 0.1) is 11.7 Å². The summed E-state index contributed by atoms with van der Waals surface area (Å²) in [4.78, 5) is 20.0. The van der Waals surface area contributed by atoms with Crippen molar-refractivity contribution in [1.82, 2.24) is 25.5 Å². The molecule has 12 heteroatoms. The second-order valence-electron chi connectivity index (χ2n) is 11.7. The maximum absolute atomic E-state index is 10.8. The highest BCUT2D eigenvalue weighted by atomic mass is 19.4. The van der Waals surface area contributed by atoms with Gasteiger partial charge in [-0.25, -0.2) is 9.78 Å². The molecule has 222 valence electrons. The number of nitrogens with zero attached hydrogens (tertiary/aromatic N) is 5. The molecule has 1 aliphatic heterocycles. The molecule has 5 rings (SSSR count). The number of rotatable bonds is 4. The number of halogens is 3. The molecule has 0 spiro atoms. The Bertz CT molecular complexity index is 1560. The Morgan fingerprint density at radius 3 is 2.17 bits per heavy atom. The van der Waals surface area contributed by atoms with E-state index in [4.69, 9.17) is 9.90 Å². The van der Waals surface area contributed by atoms with Crippen LogP contribution in [0.5, 0.6) is 5.75 Å². The van der Waals surface area contributed by atoms with Crippen molar-refractivity contribution >= 4 is 22.8 Å². The number of aromatic hydroxyl groups is 1. The molecular formula is C30H33F3N6O3. The number of aromatic nitrogens is 4. The molecule has 2 aromatic heterocycles. The number of carboxylic acids is 1. The van der Waals surface area contributed by atoms with Crippen molar-refractivity contribution in [2.24, 2.45) is 0 Å². The van der Waals surface area contributed by atoms with Crippen molar-refractivity contribution < 1.29 is 28.2 Å². The number of hydrogen-bond donors (Lipinski definition) is 3. The number of hydrogen-bond acceptors (Lipinski definition) is 8. The molecule has 42 heavy (non-hydrogen) atoms. The lowest BCUT2D eigenvalue weighted by Crippen LogP contribution is -2.62. The van der Waals surface area contributed by atoms with Crippen LogP contribution in [0.2, 0.25) is 0 Å². The van der Waals surface area contributed by atoms with Crippen LogP contribution < -0.4 is 10.2 Å². The van der Waals surface area contributed by atoms with Gasteiger partial charge in [0.15, 0.2) is 0 Å². The number of pyridine rings is 1. The third-order valence-electron chi connectivity index (χ3n) is 7.03. The second kappa shape index (κ2) is 11.5. The molecule has 3 heterocycles. The van der Waals surface area contributed by atoms with Gasteiger partial charge in [0.1, 0.15) is 11.4 Å². The number of benzene rings is 2. The van der Waals surface area contributed by atoms with Crippen LogP contribution in [0.4, 0.5) is 19.1 Å². The van der Waals surface area contributed by atoms with E-state index in [0.29, 0.717) is 23.2 Å². The quantitative estimate of drug-likeness (QED) is 0.272. The molecule has 0 aliphatic carbocycles. The van der Waals surface area contributed by atoms with Crippen LogP contribution in [0, 0.1) is 0 Å². The Labute approximate surface area is 241 Å². The van der Waals surface area contributed by atoms with E-state index in [9.17, 15) is 18.3 Å². The van der Waals surface area contributed by atoms with Gasteiger partial charge < -0.3 is 20.4 Å². The Balaban J connectivity index is 0.000000517. The highest BCUT2D eigenvalue weighted by Gasteiger charge is 2.40. The fourth-order valence-corrected chi connectivity index (χ4v) is 5.44. The van der Waals surface area contributed by atoms with Gasteiger partial charge in [-0.15, -0.1) is 10.2 Å². The number of alkyl halides is 3. The lowest BCUT2D eigenvalue weighted by Gasteiger charge is -2.48. The monoisotopic (exact) mass is 582 g/mol. The van der Waals surface area contributed by atoms with Gasteiger partial charge in [0.25, 0.3) is 0 Å². The van der Waals surface area contributed by atoms with Crippen molar-refractivity contribution in [1.29, 1.82) is 0 Å². The summed E-state index contributed by atoms with van der Waals surface area (Å²) in [6.45, 7) is 8.94. The standard InChI is InChI=1S/C28H32N6O.C2HF3O2/c1-27(2)15-21(16-28(3,4)33-27)34(5)26-30-17-24(31-32-26)22-10-8-19(14-25(22)35)18-9-11-23-20(13-18)7-6-12-29-23;3-2(4,5)1(6)7/h6-14,17,21,33,35H,15-16H2,1-5H3;(H,6,7). The zero-order valence-corrected chi connectivity index (χ0v) is 23.9. The molecule has 0 radical (unpaired) electrons. The number of carbonyl (C=O) groups is 1. The molecule has 4 aromatic rings. The van der Waals surface area contributed by atoms with E-state index in [0.717, 1.165) is 34.9 Å². The van der Waals surface area contributed by atoms with E-state index in [-0.39, 0.29) is 16.8 Å². The highest BCUT2D eigenvalue weighted by Crippen LogP contribution is 2.34. The Morgan fingerprint density at radius 2 is 1.60 bits per heavy atom. The van der Waals surface area contributed by atoms with Crippen molar-refractivity contribution in [3.05, 3.63) is 60.9 Å². The lowest BCUT2D eigenvalue weighted by molar-refractivity contribution is -0.192. The van der Waals surface area contributed by atoms with Gasteiger partial charge in [0.2, 0.25) is 5.95 Å². The minimum Gasteiger partial charge on any atom is -0.507 e. The average molecular weight is 583 g/mol. The van der Waals surface area contributed by atoms with Gasteiger partial charge in [-0.1, -0.05) is 18.2 Å². The number of aliphatic carboxylic acids is 1. The van der Waals surface area contributed by atoms with Gasteiger partial charge in [-0.2, -0.15) is 13.2 Å². The summed E-state index contributed by atoms with van der Waals surface area (Å²) in [6, 6.07) is 15.9. The van der Waals surface area contributed by atoms with Crippen LogP contribution in [0.15, 0.2) is 60.9 Å². The van der Waals surface area contributed by atoms with E-state index in [1.165, 1.54) is 0 Å². The lowest BCUT2D eigenvalue weighted by atomic mass is 9.79. The number of fused-ring (bicyclic) bond motifs is 1. The third-order valence-corrected chi connectivity index (χ3v) is 7.03. The van der Waals surface area contributed by atoms with Gasteiger partial charge >= 0.3 is 12.1 Å². The maximum Gasteiger partial charge on any atom is 0.490 e. The first kappa shape index (κ1) is 30.6. The van der Waals surface area contributed by atoms with E-state index < -0.39 is 12.1 Å². The highest BCUT2D eigenvalue weighted by molar-refractivity contribution is 5.85. The minimum atomic E-state index is -5.08. The summed E-state index contributed by atoms with van der Waals surface area (Å²) in [7, 11) is 2.03. The second-order valence-corrected chi connectivity index (χ2v) is 11.7. The largest absolute Gasteiger partial charge is 0.507 e. The van der Waals surface area contributed by atoms with Crippen LogP contribution in [0.25, 0.3) is 33.3 Å². The molecule has 9 nitrogen and oxygen atoms in total. The van der Waals surface area contributed by atoms with Crippen LogP contribution >= 0.6 is 0 Å². The fourth-order valence-electron chi connectivity index (χ4n) is 5.44. The van der Waals surface area contributed by atoms with Gasteiger partial charge in [-0.3, -0.25) is 4.98 Å². The predicted molar refractivity (Wildman–Crippen MR) is 154 cm³/mol. The van der Waals surface area contributed by atoms with Gasteiger partial charge in [-0.05, 0) is 82.0 Å². The summed E-state index contributed by atoms with van der Waals surface area (Å²) < 4.78 is 31.7. The molecule has 0 saturated carbocycles. The van der Waals surface area contributed by atoms with E-state index in [1.807, 2.05) is 43.4 Å². The Morgan fingerprint density at radius 1 is 0.976 bits per heavy atom. The zero-order chi connectivity index (χ0) is 30.9. The van der Waals surface area contributed by atoms with Crippen molar-refractivity contribution in [3.8, 4) is 28.1 Å². The number of anilines is 1. The van der Waals surface area contributed by atoms with E-state index in [1.54, 1.807) is 18.5 Å². The first-order chi connectivity index (χ1) is 19.5. The van der Waals surface area contributed by atoms with Crippen LogP contribution in [0.1, 0.15) is 40.5 Å². The maximum atomic E-state index is 10.8.